The molecule has 0 amide bonds. The number of alkyl halides is 3. The van der Waals surface area contributed by atoms with Gasteiger partial charge in [0.2, 0.25) is 0 Å². The predicted molar refractivity (Wildman–Crippen MR) is 88.0 cm³/mol. The van der Waals surface area contributed by atoms with E-state index < -0.39 is 23.5 Å². The van der Waals surface area contributed by atoms with Gasteiger partial charge in [0, 0.05) is 5.56 Å². The molecule has 1 aliphatic rings. The van der Waals surface area contributed by atoms with E-state index in [1.165, 1.54) is 24.3 Å². The Bertz CT molecular complexity index is 902. The molecule has 0 aliphatic carbocycles. The Morgan fingerprint density at radius 1 is 1.15 bits per heavy atom. The molecule has 2 aromatic rings. The number of carbonyl (C=O) groups is 1. The molecule has 1 heterocycles. The van der Waals surface area contributed by atoms with Gasteiger partial charge in [0.15, 0.2) is 0 Å². The highest BCUT2D eigenvalue weighted by Crippen LogP contribution is 2.46. The van der Waals surface area contributed by atoms with Crippen molar-refractivity contribution in [3.05, 3.63) is 64.7 Å². The summed E-state index contributed by atoms with van der Waals surface area (Å²) in [7, 11) is 0. The zero-order valence-electron chi connectivity index (χ0n) is 13.9. The zero-order chi connectivity index (χ0) is 19.1. The van der Waals surface area contributed by atoms with Crippen LogP contribution in [0.3, 0.4) is 0 Å². The lowest BCUT2D eigenvalue weighted by atomic mass is 9.97. The maximum atomic E-state index is 14.0. The monoisotopic (exact) mass is 364 g/mol. The van der Waals surface area contributed by atoms with Gasteiger partial charge in [-0.25, -0.2) is 4.79 Å². The van der Waals surface area contributed by atoms with Crippen molar-refractivity contribution in [1.82, 2.24) is 0 Å². The smallest absolute Gasteiger partial charge is 0.473 e. The van der Waals surface area contributed by atoms with Crippen LogP contribution in [-0.2, 0) is 4.79 Å². The molecule has 1 atom stereocenters. The largest absolute Gasteiger partial charge is 0.478 e. The number of benzene rings is 2. The molecule has 26 heavy (non-hydrogen) atoms. The predicted octanol–water partition coefficient (Wildman–Crippen LogP) is 4.50. The average molecular weight is 364 g/mol. The minimum Gasteiger partial charge on any atom is -0.478 e. The van der Waals surface area contributed by atoms with Crippen LogP contribution in [0.2, 0.25) is 0 Å². The summed E-state index contributed by atoms with van der Waals surface area (Å²) in [5.41, 5.74) is 0.457. The molecule has 0 aromatic heterocycles. The Hall–Kier alpha value is -2.96. The molecular formula is C19H15F3O4. The van der Waals surface area contributed by atoms with Gasteiger partial charge in [-0.2, -0.15) is 13.2 Å². The van der Waals surface area contributed by atoms with Crippen molar-refractivity contribution in [3.8, 4) is 11.5 Å². The molecule has 0 radical (unpaired) electrons. The first-order chi connectivity index (χ1) is 12.1. The van der Waals surface area contributed by atoms with E-state index in [0.29, 0.717) is 5.56 Å². The third kappa shape index (κ3) is 2.89. The van der Waals surface area contributed by atoms with Gasteiger partial charge in [0.1, 0.15) is 17.1 Å². The van der Waals surface area contributed by atoms with Crippen LogP contribution < -0.4 is 9.47 Å². The first kappa shape index (κ1) is 17.8. The van der Waals surface area contributed by atoms with Crippen LogP contribution in [0.4, 0.5) is 13.2 Å². The van der Waals surface area contributed by atoms with Gasteiger partial charge >= 0.3 is 17.9 Å². The fraction of sp³-hybridized carbons (Fsp3) is 0.211. The van der Waals surface area contributed by atoms with Gasteiger partial charge in [-0.3, -0.25) is 0 Å². The molecule has 3 rings (SSSR count). The van der Waals surface area contributed by atoms with Crippen molar-refractivity contribution < 1.29 is 32.5 Å². The lowest BCUT2D eigenvalue weighted by Crippen LogP contribution is -2.59. The second-order valence-electron chi connectivity index (χ2n) is 5.99. The highest BCUT2D eigenvalue weighted by atomic mass is 19.4. The standard InChI is InChI=1S/C19H15F3O4/c1-11-7-8-15(12(2)9-11)25-18(19(20,21)22)14(17(23)24)10-13-5-3-4-6-16(13)26-18/h3-10H,1-2H3,(H,23,24). The number of fused-ring (bicyclic) bond motifs is 1. The first-order valence-electron chi connectivity index (χ1n) is 7.70. The molecule has 1 N–H and O–H groups in total. The van der Waals surface area contributed by atoms with Gasteiger partial charge in [0.25, 0.3) is 0 Å². The van der Waals surface area contributed by atoms with Crippen LogP contribution in [0.25, 0.3) is 6.08 Å². The van der Waals surface area contributed by atoms with Crippen molar-refractivity contribution in [2.75, 3.05) is 0 Å². The van der Waals surface area contributed by atoms with E-state index in [4.69, 9.17) is 9.47 Å². The second kappa shape index (κ2) is 6.09. The molecule has 7 heteroatoms. The van der Waals surface area contributed by atoms with Crippen LogP contribution in [0.5, 0.6) is 11.5 Å². The van der Waals surface area contributed by atoms with Gasteiger partial charge in [-0.05, 0) is 37.6 Å². The number of hydrogen-bond donors (Lipinski definition) is 1. The van der Waals surface area contributed by atoms with Gasteiger partial charge in [-0.1, -0.05) is 35.9 Å². The van der Waals surface area contributed by atoms with E-state index in [-0.39, 0.29) is 17.1 Å². The van der Waals surface area contributed by atoms with Crippen LogP contribution in [0.1, 0.15) is 16.7 Å². The first-order valence-corrected chi connectivity index (χ1v) is 7.70. The van der Waals surface area contributed by atoms with E-state index in [2.05, 4.69) is 0 Å². The van der Waals surface area contributed by atoms with E-state index >= 15 is 0 Å². The molecule has 0 spiro atoms. The quantitative estimate of drug-likeness (QED) is 0.871. The van der Waals surface area contributed by atoms with Crippen LogP contribution >= 0.6 is 0 Å². The number of carboxylic acids is 1. The summed E-state index contributed by atoms with van der Waals surface area (Å²) in [6, 6.07) is 10.4. The third-order valence-electron chi connectivity index (χ3n) is 4.01. The highest BCUT2D eigenvalue weighted by molar-refractivity contribution is 5.96. The lowest BCUT2D eigenvalue weighted by Gasteiger charge is -2.38. The SMILES string of the molecule is Cc1ccc(OC2(C(F)(F)F)Oc3ccccc3C=C2C(=O)O)c(C)c1. The number of aryl methyl sites for hydroxylation is 2. The number of para-hydroxylation sites is 1. The molecule has 1 unspecified atom stereocenters. The second-order valence-corrected chi connectivity index (χ2v) is 5.99. The molecule has 4 nitrogen and oxygen atoms in total. The summed E-state index contributed by atoms with van der Waals surface area (Å²) >= 11 is 0. The Morgan fingerprint density at radius 3 is 2.46 bits per heavy atom. The van der Waals surface area contributed by atoms with Crippen LogP contribution in [0.15, 0.2) is 48.0 Å². The number of ether oxygens (including phenoxy) is 2. The third-order valence-corrected chi connectivity index (χ3v) is 4.01. The molecule has 1 aliphatic heterocycles. The molecule has 2 aromatic carbocycles. The van der Waals surface area contributed by atoms with Gasteiger partial charge in [0.05, 0.1) is 0 Å². The maximum Gasteiger partial charge on any atom is 0.473 e. The van der Waals surface area contributed by atoms with E-state index in [1.54, 1.807) is 32.0 Å². The summed E-state index contributed by atoms with van der Waals surface area (Å²) in [5, 5.41) is 9.43. The van der Waals surface area contributed by atoms with Crippen molar-refractivity contribution in [3.63, 3.8) is 0 Å². The number of aliphatic carboxylic acids is 1. The maximum absolute atomic E-state index is 14.0. The Morgan fingerprint density at radius 2 is 1.85 bits per heavy atom. The Labute approximate surface area is 147 Å². The minimum atomic E-state index is -5.14. The summed E-state index contributed by atoms with van der Waals surface area (Å²) in [6.45, 7) is 3.36. The molecule has 0 saturated carbocycles. The number of rotatable bonds is 3. The summed E-state index contributed by atoms with van der Waals surface area (Å²) in [6.07, 6.45) is -4.21. The number of halogens is 3. The fourth-order valence-corrected chi connectivity index (χ4v) is 2.77. The minimum absolute atomic E-state index is 0.111. The van der Waals surface area contributed by atoms with Crippen LogP contribution in [-0.4, -0.2) is 23.0 Å². The number of hydrogen-bond acceptors (Lipinski definition) is 3. The molecule has 0 bridgehead atoms. The topological polar surface area (TPSA) is 55.8 Å². The molecule has 136 valence electrons. The lowest BCUT2D eigenvalue weighted by molar-refractivity contribution is -0.304. The molecular weight excluding hydrogens is 349 g/mol. The molecule has 0 saturated heterocycles. The van der Waals surface area contributed by atoms with E-state index in [0.717, 1.165) is 11.6 Å². The fourth-order valence-electron chi connectivity index (χ4n) is 2.77. The normalized spacial score (nSPS) is 19.2. The van der Waals surface area contributed by atoms with Crippen molar-refractivity contribution in [2.24, 2.45) is 0 Å². The zero-order valence-corrected chi connectivity index (χ0v) is 13.9. The Balaban J connectivity index is 2.20. The number of carboxylic acid groups (broad SMARTS) is 1. The summed E-state index contributed by atoms with van der Waals surface area (Å²) in [4.78, 5) is 11.6. The van der Waals surface area contributed by atoms with Crippen molar-refractivity contribution in [2.45, 2.75) is 25.8 Å². The van der Waals surface area contributed by atoms with Crippen LogP contribution in [0, 0.1) is 13.8 Å². The average Bonchev–Trinajstić information content (AvgIpc) is 2.55. The van der Waals surface area contributed by atoms with E-state index in [9.17, 15) is 23.1 Å². The van der Waals surface area contributed by atoms with Crippen molar-refractivity contribution >= 4 is 12.0 Å². The van der Waals surface area contributed by atoms with Gasteiger partial charge in [-0.15, -0.1) is 0 Å². The van der Waals surface area contributed by atoms with Gasteiger partial charge < -0.3 is 14.6 Å². The highest BCUT2D eigenvalue weighted by Gasteiger charge is 2.66. The Kier molecular flexibility index (Phi) is 4.18. The summed E-state index contributed by atoms with van der Waals surface area (Å²) in [5.74, 6) is -5.45. The van der Waals surface area contributed by atoms with E-state index in [1.807, 2.05) is 0 Å². The molecule has 0 fully saturated rings. The summed E-state index contributed by atoms with van der Waals surface area (Å²) < 4.78 is 52.5. The van der Waals surface area contributed by atoms with Crippen molar-refractivity contribution in [1.29, 1.82) is 0 Å².